The fourth-order valence-corrected chi connectivity index (χ4v) is 2.21. The van der Waals surface area contributed by atoms with Crippen molar-refractivity contribution in [3.05, 3.63) is 5.89 Å². The Bertz CT molecular complexity index is 340. The van der Waals surface area contributed by atoms with Crippen molar-refractivity contribution in [2.24, 2.45) is 11.7 Å². The van der Waals surface area contributed by atoms with E-state index in [2.05, 4.69) is 15.1 Å². The molecular weight excluding hydrogens is 220 g/mol. The molecule has 1 aliphatic rings. The molecule has 1 atom stereocenters. The fraction of sp³-hybridized carbons (Fsp3) is 0.818. The van der Waals surface area contributed by atoms with Gasteiger partial charge in [-0.05, 0) is 12.8 Å². The summed E-state index contributed by atoms with van der Waals surface area (Å²) in [6.07, 6.45) is 2.99. The van der Waals surface area contributed by atoms with Crippen LogP contribution in [0.3, 0.4) is 0 Å². The van der Waals surface area contributed by atoms with Crippen LogP contribution in [0.25, 0.3) is 0 Å². The van der Waals surface area contributed by atoms with E-state index in [0.717, 1.165) is 26.1 Å². The van der Waals surface area contributed by atoms with Gasteiger partial charge in [0, 0.05) is 39.1 Å². The smallest absolute Gasteiger partial charge is 0.318 e. The molecule has 6 nitrogen and oxygen atoms in total. The van der Waals surface area contributed by atoms with Gasteiger partial charge in [-0.25, -0.2) is 0 Å². The SMILES string of the molecule is COCC1CCCN(c2nnc(CCN)o2)C1. The second-order valence-electron chi connectivity index (χ2n) is 4.43. The quantitative estimate of drug-likeness (QED) is 0.804. The Kier molecular flexibility index (Phi) is 4.33. The van der Waals surface area contributed by atoms with Crippen LogP contribution >= 0.6 is 0 Å². The Labute approximate surface area is 101 Å². The highest BCUT2D eigenvalue weighted by Gasteiger charge is 2.23. The molecule has 0 aromatic carbocycles. The molecule has 0 radical (unpaired) electrons. The third-order valence-corrected chi connectivity index (χ3v) is 3.01. The van der Waals surface area contributed by atoms with Gasteiger partial charge in [0.2, 0.25) is 5.89 Å². The largest absolute Gasteiger partial charge is 0.408 e. The topological polar surface area (TPSA) is 77.4 Å². The summed E-state index contributed by atoms with van der Waals surface area (Å²) >= 11 is 0. The molecule has 17 heavy (non-hydrogen) atoms. The number of aromatic nitrogens is 2. The highest BCUT2D eigenvalue weighted by atomic mass is 16.5. The van der Waals surface area contributed by atoms with Crippen LogP contribution in [0.5, 0.6) is 0 Å². The molecule has 1 fully saturated rings. The Morgan fingerprint density at radius 2 is 2.41 bits per heavy atom. The zero-order chi connectivity index (χ0) is 12.1. The highest BCUT2D eigenvalue weighted by molar-refractivity contribution is 5.25. The van der Waals surface area contributed by atoms with Crippen molar-refractivity contribution >= 4 is 6.01 Å². The van der Waals surface area contributed by atoms with E-state index >= 15 is 0 Å². The number of ether oxygens (including phenoxy) is 1. The van der Waals surface area contributed by atoms with Gasteiger partial charge >= 0.3 is 6.01 Å². The number of methoxy groups -OCH3 is 1. The third-order valence-electron chi connectivity index (χ3n) is 3.01. The normalized spacial score (nSPS) is 20.8. The molecule has 1 aromatic rings. The summed E-state index contributed by atoms with van der Waals surface area (Å²) in [5.74, 6) is 1.18. The van der Waals surface area contributed by atoms with Crippen LogP contribution in [0.4, 0.5) is 6.01 Å². The first-order chi connectivity index (χ1) is 8.33. The van der Waals surface area contributed by atoms with Crippen LogP contribution in [0.1, 0.15) is 18.7 Å². The number of nitrogens with two attached hydrogens (primary N) is 1. The molecule has 0 saturated carbocycles. The van der Waals surface area contributed by atoms with Crippen molar-refractivity contribution in [3.63, 3.8) is 0 Å². The zero-order valence-electron chi connectivity index (χ0n) is 10.3. The Morgan fingerprint density at radius 3 is 3.18 bits per heavy atom. The van der Waals surface area contributed by atoms with Crippen molar-refractivity contribution in [2.45, 2.75) is 19.3 Å². The average molecular weight is 240 g/mol. The molecule has 0 spiro atoms. The summed E-state index contributed by atoms with van der Waals surface area (Å²) in [6.45, 7) is 3.23. The van der Waals surface area contributed by atoms with Crippen LogP contribution in [0.15, 0.2) is 4.42 Å². The van der Waals surface area contributed by atoms with Crippen LogP contribution in [-0.4, -0.2) is 43.5 Å². The number of hydrogen-bond donors (Lipinski definition) is 1. The van der Waals surface area contributed by atoms with Gasteiger partial charge in [0.05, 0.1) is 6.61 Å². The first-order valence-corrected chi connectivity index (χ1v) is 6.09. The van der Waals surface area contributed by atoms with E-state index in [9.17, 15) is 0 Å². The molecule has 0 bridgehead atoms. The Hall–Kier alpha value is -1.14. The standard InChI is InChI=1S/C11H20N4O2/c1-16-8-9-3-2-6-15(7-9)11-14-13-10(17-11)4-5-12/h9H,2-8,12H2,1H3. The summed E-state index contributed by atoms with van der Waals surface area (Å²) in [5, 5.41) is 8.05. The van der Waals surface area contributed by atoms with E-state index in [1.54, 1.807) is 7.11 Å². The molecule has 2 N–H and O–H groups in total. The van der Waals surface area contributed by atoms with Crippen LogP contribution < -0.4 is 10.6 Å². The second kappa shape index (κ2) is 5.97. The van der Waals surface area contributed by atoms with Crippen LogP contribution in [-0.2, 0) is 11.2 Å². The highest BCUT2D eigenvalue weighted by Crippen LogP contribution is 2.22. The average Bonchev–Trinajstić information content (AvgIpc) is 2.79. The molecule has 2 heterocycles. The van der Waals surface area contributed by atoms with Crippen molar-refractivity contribution < 1.29 is 9.15 Å². The van der Waals surface area contributed by atoms with Gasteiger partial charge in [-0.3, -0.25) is 0 Å². The lowest BCUT2D eigenvalue weighted by Gasteiger charge is -2.30. The number of rotatable bonds is 5. The molecule has 96 valence electrons. The van der Waals surface area contributed by atoms with Gasteiger partial charge in [-0.15, -0.1) is 5.10 Å². The van der Waals surface area contributed by atoms with E-state index in [4.69, 9.17) is 14.9 Å². The van der Waals surface area contributed by atoms with E-state index in [1.165, 1.54) is 6.42 Å². The van der Waals surface area contributed by atoms with Crippen LogP contribution in [0.2, 0.25) is 0 Å². The molecule has 0 aliphatic carbocycles. The Morgan fingerprint density at radius 1 is 1.53 bits per heavy atom. The van der Waals surface area contributed by atoms with Gasteiger partial charge in [0.1, 0.15) is 0 Å². The maximum atomic E-state index is 5.57. The minimum Gasteiger partial charge on any atom is -0.408 e. The minimum atomic E-state index is 0.536. The maximum absolute atomic E-state index is 5.57. The summed E-state index contributed by atoms with van der Waals surface area (Å²) < 4.78 is 10.8. The molecular formula is C11H20N4O2. The molecule has 1 saturated heterocycles. The summed E-state index contributed by atoms with van der Waals surface area (Å²) in [7, 11) is 1.74. The molecule has 1 aromatic heterocycles. The molecule has 0 amide bonds. The lowest BCUT2D eigenvalue weighted by atomic mass is 9.99. The first kappa shape index (κ1) is 12.3. The van der Waals surface area contributed by atoms with Gasteiger partial charge in [-0.2, -0.15) is 0 Å². The van der Waals surface area contributed by atoms with Gasteiger partial charge in [0.25, 0.3) is 0 Å². The number of nitrogens with zero attached hydrogens (tertiary/aromatic N) is 3. The lowest BCUT2D eigenvalue weighted by molar-refractivity contribution is 0.142. The predicted molar refractivity (Wildman–Crippen MR) is 63.9 cm³/mol. The van der Waals surface area contributed by atoms with Crippen LogP contribution in [0, 0.1) is 5.92 Å². The molecule has 2 rings (SSSR count). The Balaban J connectivity index is 1.95. The van der Waals surface area contributed by atoms with Gasteiger partial charge < -0.3 is 19.8 Å². The van der Waals surface area contributed by atoms with Crippen molar-refractivity contribution in [1.82, 2.24) is 10.2 Å². The first-order valence-electron chi connectivity index (χ1n) is 6.09. The number of hydrogen-bond acceptors (Lipinski definition) is 6. The number of anilines is 1. The maximum Gasteiger partial charge on any atom is 0.318 e. The second-order valence-corrected chi connectivity index (χ2v) is 4.43. The third kappa shape index (κ3) is 3.17. The zero-order valence-corrected chi connectivity index (χ0v) is 10.3. The van der Waals surface area contributed by atoms with E-state index in [-0.39, 0.29) is 0 Å². The molecule has 1 aliphatic heterocycles. The minimum absolute atomic E-state index is 0.536. The molecule has 6 heteroatoms. The van der Waals surface area contributed by atoms with E-state index in [1.807, 2.05) is 0 Å². The summed E-state index contributed by atoms with van der Waals surface area (Å²) in [6, 6.07) is 0.620. The lowest BCUT2D eigenvalue weighted by Crippen LogP contribution is -2.37. The van der Waals surface area contributed by atoms with Crippen molar-refractivity contribution in [1.29, 1.82) is 0 Å². The predicted octanol–water partition coefficient (Wildman–Crippen LogP) is 0.434. The van der Waals surface area contributed by atoms with Crippen molar-refractivity contribution in [3.8, 4) is 0 Å². The van der Waals surface area contributed by atoms with Gasteiger partial charge in [-0.1, -0.05) is 5.10 Å². The number of piperidine rings is 1. The fourth-order valence-electron chi connectivity index (χ4n) is 2.21. The van der Waals surface area contributed by atoms with E-state index < -0.39 is 0 Å². The van der Waals surface area contributed by atoms with Crippen molar-refractivity contribution in [2.75, 3.05) is 38.3 Å². The van der Waals surface area contributed by atoms with E-state index in [0.29, 0.717) is 30.8 Å². The monoisotopic (exact) mass is 240 g/mol. The summed E-state index contributed by atoms with van der Waals surface area (Å²) in [4.78, 5) is 2.14. The van der Waals surface area contributed by atoms with Gasteiger partial charge in [0.15, 0.2) is 0 Å². The molecule has 1 unspecified atom stereocenters. The summed E-state index contributed by atoms with van der Waals surface area (Å²) in [5.41, 5.74) is 5.45.